The van der Waals surface area contributed by atoms with Crippen LogP contribution in [-0.2, 0) is 16.6 Å². The van der Waals surface area contributed by atoms with Crippen molar-refractivity contribution in [2.75, 3.05) is 11.4 Å². The highest BCUT2D eigenvalue weighted by molar-refractivity contribution is 6.15. The molecule has 0 saturated heterocycles. The third-order valence-corrected chi connectivity index (χ3v) is 5.10. The molecule has 2 aliphatic heterocycles. The number of benzene rings is 1. The Balaban J connectivity index is 2.13. The summed E-state index contributed by atoms with van der Waals surface area (Å²) in [5.41, 5.74) is 1.38. The number of ether oxygens (including phenoxy) is 1. The van der Waals surface area contributed by atoms with E-state index in [2.05, 4.69) is 22.8 Å². The number of nitrogens with zero attached hydrogens (tertiary/aromatic N) is 3. The van der Waals surface area contributed by atoms with Crippen LogP contribution in [0.3, 0.4) is 0 Å². The van der Waals surface area contributed by atoms with Crippen LogP contribution in [0, 0.1) is 22.7 Å². The van der Waals surface area contributed by atoms with Crippen LogP contribution in [0.2, 0.25) is 0 Å². The molecule has 0 saturated carbocycles. The number of rotatable bonds is 3. The predicted molar refractivity (Wildman–Crippen MR) is 95.2 cm³/mol. The third kappa shape index (κ3) is 1.73. The Kier molecular flexibility index (Phi) is 3.44. The van der Waals surface area contributed by atoms with Crippen LogP contribution in [0.25, 0.3) is 0 Å². The Labute approximate surface area is 150 Å². The van der Waals surface area contributed by atoms with Gasteiger partial charge in [0.1, 0.15) is 11.3 Å². The van der Waals surface area contributed by atoms with Crippen molar-refractivity contribution in [3.8, 4) is 11.9 Å². The van der Waals surface area contributed by atoms with Gasteiger partial charge in [0.25, 0.3) is 0 Å². The number of fused-ring (bicyclic) bond motifs is 4. The number of nitrogens with one attached hydrogen (secondary N) is 2. The lowest BCUT2D eigenvalue weighted by atomic mass is 9.65. The molecule has 2 aromatic rings. The van der Waals surface area contributed by atoms with E-state index in [0.717, 1.165) is 11.4 Å². The second-order valence-electron chi connectivity index (χ2n) is 6.29. The van der Waals surface area contributed by atoms with Crippen molar-refractivity contribution in [1.29, 1.82) is 10.7 Å². The zero-order valence-corrected chi connectivity index (χ0v) is 14.2. The smallest absolute Gasteiger partial charge is 0.244 e. The van der Waals surface area contributed by atoms with Crippen molar-refractivity contribution in [2.24, 2.45) is 5.92 Å². The van der Waals surface area contributed by atoms with Gasteiger partial charge in [-0.15, -0.1) is 11.7 Å². The van der Waals surface area contributed by atoms with E-state index in [-0.39, 0.29) is 17.7 Å². The first kappa shape index (κ1) is 16.1. The van der Waals surface area contributed by atoms with Gasteiger partial charge in [0, 0.05) is 17.9 Å². The maximum Gasteiger partial charge on any atom is 0.244 e. The summed E-state index contributed by atoms with van der Waals surface area (Å²) in [4.78, 5) is 15.3. The maximum atomic E-state index is 13.7. The second kappa shape index (κ2) is 5.56. The number of hydrogen-bond acceptors (Lipinski definition) is 5. The summed E-state index contributed by atoms with van der Waals surface area (Å²) in [7, 11) is 0. The number of aromatic nitrogens is 2. The van der Waals surface area contributed by atoms with Gasteiger partial charge in [-0.1, -0.05) is 31.2 Å². The Morgan fingerprint density at radius 1 is 1.54 bits per heavy atom. The minimum Gasteiger partial charge on any atom is -0.422 e. The summed E-state index contributed by atoms with van der Waals surface area (Å²) >= 11 is 0. The summed E-state index contributed by atoms with van der Waals surface area (Å²) in [6, 6.07) is 9.52. The van der Waals surface area contributed by atoms with E-state index in [1.807, 2.05) is 31.2 Å². The van der Waals surface area contributed by atoms with E-state index < -0.39 is 11.3 Å². The topological polar surface area (TPSA) is 106 Å². The number of aromatic amines is 1. The van der Waals surface area contributed by atoms with Crippen LogP contribution >= 0.6 is 0 Å². The molecule has 1 amide bonds. The fraction of sp³-hybridized carbons (Fsp3) is 0.263. The first-order valence-corrected chi connectivity index (χ1v) is 8.37. The molecule has 2 N–H and O–H groups in total. The summed E-state index contributed by atoms with van der Waals surface area (Å²) in [5.74, 6) is -1.39. The van der Waals surface area contributed by atoms with E-state index in [4.69, 9.17) is 10.1 Å². The van der Waals surface area contributed by atoms with Crippen molar-refractivity contribution in [2.45, 2.75) is 18.8 Å². The SMILES string of the molecule is C=CCN1C(=O)C2(c3ccccc31)c1c(n[nH]c1CC)OC(=N)C2C#N. The van der Waals surface area contributed by atoms with Gasteiger partial charge in [-0.25, -0.2) is 0 Å². The molecule has 2 atom stereocenters. The summed E-state index contributed by atoms with van der Waals surface area (Å²) in [5, 5.41) is 25.2. The molecule has 1 spiro atoms. The molecule has 1 aromatic heterocycles. The van der Waals surface area contributed by atoms with Gasteiger partial charge in [0.2, 0.25) is 17.7 Å². The number of carbonyl (C=O) groups excluding carboxylic acids is 1. The van der Waals surface area contributed by atoms with Crippen LogP contribution in [0.15, 0.2) is 36.9 Å². The molecule has 0 radical (unpaired) electrons. The minimum absolute atomic E-state index is 0.196. The van der Waals surface area contributed by atoms with Crippen LogP contribution in [0.4, 0.5) is 5.69 Å². The Hall–Kier alpha value is -3.40. The highest BCUT2D eigenvalue weighted by Crippen LogP contribution is 2.55. The van der Waals surface area contributed by atoms with Gasteiger partial charge in [-0.3, -0.25) is 15.3 Å². The number of anilines is 1. The molecular weight excluding hydrogens is 330 g/mol. The lowest BCUT2D eigenvalue weighted by Gasteiger charge is -2.36. The number of hydrogen-bond donors (Lipinski definition) is 2. The third-order valence-electron chi connectivity index (χ3n) is 5.10. The molecule has 0 fully saturated rings. The maximum absolute atomic E-state index is 13.7. The monoisotopic (exact) mass is 347 g/mol. The van der Waals surface area contributed by atoms with Crippen LogP contribution < -0.4 is 9.64 Å². The van der Waals surface area contributed by atoms with Crippen molar-refractivity contribution in [3.63, 3.8) is 0 Å². The molecule has 4 rings (SSSR count). The summed E-state index contributed by atoms with van der Waals surface area (Å²) in [6.45, 7) is 6.00. The first-order chi connectivity index (χ1) is 12.6. The molecule has 2 aliphatic rings. The van der Waals surface area contributed by atoms with Crippen molar-refractivity contribution in [3.05, 3.63) is 53.7 Å². The molecule has 130 valence electrons. The van der Waals surface area contributed by atoms with Gasteiger partial charge < -0.3 is 9.64 Å². The highest BCUT2D eigenvalue weighted by Gasteiger charge is 2.63. The van der Waals surface area contributed by atoms with E-state index in [1.165, 1.54) is 0 Å². The quantitative estimate of drug-likeness (QED) is 0.831. The molecule has 7 nitrogen and oxygen atoms in total. The molecule has 7 heteroatoms. The number of H-pyrrole nitrogens is 1. The fourth-order valence-electron chi connectivity index (χ4n) is 4.07. The summed E-state index contributed by atoms with van der Waals surface area (Å²) < 4.78 is 5.49. The van der Waals surface area contributed by atoms with Gasteiger partial charge in [-0.05, 0) is 18.1 Å². The van der Waals surface area contributed by atoms with Crippen LogP contribution in [0.1, 0.15) is 23.7 Å². The molecule has 0 bridgehead atoms. The lowest BCUT2D eigenvalue weighted by Crippen LogP contribution is -2.52. The Morgan fingerprint density at radius 2 is 2.31 bits per heavy atom. The zero-order valence-electron chi connectivity index (χ0n) is 14.2. The summed E-state index contributed by atoms with van der Waals surface area (Å²) in [6.07, 6.45) is 2.24. The molecule has 0 aliphatic carbocycles. The molecule has 3 heterocycles. The van der Waals surface area contributed by atoms with Crippen LogP contribution in [-0.4, -0.2) is 28.5 Å². The van der Waals surface area contributed by atoms with Gasteiger partial charge >= 0.3 is 0 Å². The number of aryl methyl sites for hydroxylation is 1. The Bertz CT molecular complexity index is 986. The van der Waals surface area contributed by atoms with Gasteiger partial charge in [0.05, 0.1) is 11.6 Å². The molecule has 2 unspecified atom stereocenters. The van der Waals surface area contributed by atoms with Crippen molar-refractivity contribution >= 4 is 17.5 Å². The molecular formula is C19H17N5O2. The van der Waals surface area contributed by atoms with E-state index in [9.17, 15) is 10.1 Å². The average molecular weight is 347 g/mol. The molecule has 26 heavy (non-hydrogen) atoms. The first-order valence-electron chi connectivity index (χ1n) is 8.37. The van der Waals surface area contributed by atoms with Gasteiger partial charge in [-0.2, -0.15) is 5.26 Å². The van der Waals surface area contributed by atoms with E-state index in [1.54, 1.807) is 11.0 Å². The average Bonchev–Trinajstić information content (AvgIpc) is 3.16. The second-order valence-corrected chi connectivity index (χ2v) is 6.29. The number of amides is 1. The van der Waals surface area contributed by atoms with E-state index >= 15 is 0 Å². The Morgan fingerprint density at radius 3 is 3.00 bits per heavy atom. The predicted octanol–water partition coefficient (Wildman–Crippen LogP) is 2.30. The minimum atomic E-state index is -1.34. The van der Waals surface area contributed by atoms with Gasteiger partial charge in [0.15, 0.2) is 0 Å². The number of para-hydroxylation sites is 1. The standard InChI is InChI=1S/C19H17N5O2/c1-3-9-24-14-8-6-5-7-11(14)19(18(24)25)12(10-20)16(21)26-17-15(19)13(4-2)22-23-17/h3,5-8,12,21H,1,4,9H2,2H3,(H,22,23). The highest BCUT2D eigenvalue weighted by atomic mass is 16.5. The molecule has 1 aromatic carbocycles. The number of carbonyl (C=O) groups is 1. The zero-order chi connectivity index (χ0) is 18.5. The van der Waals surface area contributed by atoms with Crippen molar-refractivity contribution in [1.82, 2.24) is 10.2 Å². The van der Waals surface area contributed by atoms with E-state index in [0.29, 0.717) is 24.1 Å². The van der Waals surface area contributed by atoms with Crippen LogP contribution in [0.5, 0.6) is 5.88 Å². The van der Waals surface area contributed by atoms with Crippen molar-refractivity contribution < 1.29 is 9.53 Å². The number of nitriles is 1. The largest absolute Gasteiger partial charge is 0.422 e. The normalized spacial score (nSPS) is 23.4. The lowest BCUT2D eigenvalue weighted by molar-refractivity contribution is -0.122. The fourth-order valence-corrected chi connectivity index (χ4v) is 4.07.